The number of anilines is 1. The first kappa shape index (κ1) is 27.2. The van der Waals surface area contributed by atoms with E-state index in [2.05, 4.69) is 20.9 Å². The Labute approximate surface area is 214 Å². The Morgan fingerprint density at radius 3 is 2.06 bits per heavy atom. The summed E-state index contributed by atoms with van der Waals surface area (Å²) >= 11 is 10.1. The van der Waals surface area contributed by atoms with Gasteiger partial charge in [0.25, 0.3) is 0 Å². The van der Waals surface area contributed by atoms with Crippen LogP contribution in [-0.4, -0.2) is 54.2 Å². The Hall–Kier alpha value is -1.39. The molecule has 1 amide bonds. The lowest BCUT2D eigenvalue weighted by atomic mass is 9.67. The number of sulfone groups is 1. The highest BCUT2D eigenvalue weighted by molar-refractivity contribution is 9.10. The number of rotatable bonds is 2. The van der Waals surface area contributed by atoms with Crippen molar-refractivity contribution in [1.82, 2.24) is 4.98 Å². The molecule has 0 atom stereocenters. The standard InChI is InChI=1S/C23H32BrClN2O6S/c1-20(2,3)32-18(28)23(34(7,30)31)10-8-22(9-11-23)13-27(19(29)33-21(4,5)6)17-15(22)16(25)14(24)12-26-17/h12H,8-11,13H2,1-7H3. The normalized spacial score (nSPS) is 25.3. The zero-order valence-electron chi connectivity index (χ0n) is 20.6. The molecule has 1 spiro atoms. The molecule has 190 valence electrons. The Balaban J connectivity index is 2.03. The van der Waals surface area contributed by atoms with E-state index in [0.29, 0.717) is 33.7 Å². The van der Waals surface area contributed by atoms with E-state index in [1.165, 1.54) is 11.1 Å². The van der Waals surface area contributed by atoms with E-state index in [4.69, 9.17) is 21.1 Å². The number of halogens is 2. The zero-order chi connectivity index (χ0) is 25.9. The van der Waals surface area contributed by atoms with Gasteiger partial charge >= 0.3 is 12.1 Å². The van der Waals surface area contributed by atoms with Gasteiger partial charge in [0.2, 0.25) is 0 Å². The predicted octanol–water partition coefficient (Wildman–Crippen LogP) is 5.19. The Morgan fingerprint density at radius 2 is 1.59 bits per heavy atom. The van der Waals surface area contributed by atoms with Crippen molar-refractivity contribution in [2.45, 2.75) is 88.6 Å². The van der Waals surface area contributed by atoms with Crippen molar-refractivity contribution < 1.29 is 27.5 Å². The van der Waals surface area contributed by atoms with Crippen LogP contribution in [0.4, 0.5) is 10.6 Å². The van der Waals surface area contributed by atoms with Crippen LogP contribution in [0.25, 0.3) is 0 Å². The van der Waals surface area contributed by atoms with Gasteiger partial charge in [-0.2, -0.15) is 0 Å². The highest BCUT2D eigenvalue weighted by Crippen LogP contribution is 2.55. The molecule has 2 aliphatic rings. The number of carbonyl (C=O) groups excluding carboxylic acids is 2. The second-order valence-electron chi connectivity index (χ2n) is 11.2. The van der Waals surface area contributed by atoms with E-state index in [9.17, 15) is 18.0 Å². The third-order valence-electron chi connectivity index (χ3n) is 6.31. The fourth-order valence-corrected chi connectivity index (χ4v) is 6.62. The molecular formula is C23H32BrClN2O6S. The minimum absolute atomic E-state index is 0.0468. The molecule has 0 radical (unpaired) electrons. The number of amides is 1. The molecule has 1 aliphatic heterocycles. The number of esters is 1. The van der Waals surface area contributed by atoms with Gasteiger partial charge in [-0.15, -0.1) is 0 Å². The van der Waals surface area contributed by atoms with E-state index in [-0.39, 0.29) is 19.4 Å². The molecule has 3 rings (SSSR count). The smallest absolute Gasteiger partial charge is 0.416 e. The average Bonchev–Trinajstić information content (AvgIpc) is 2.96. The van der Waals surface area contributed by atoms with E-state index >= 15 is 0 Å². The van der Waals surface area contributed by atoms with E-state index in [0.717, 1.165) is 6.26 Å². The van der Waals surface area contributed by atoms with Gasteiger partial charge < -0.3 is 9.47 Å². The van der Waals surface area contributed by atoms with Gasteiger partial charge in [0.05, 0.1) is 9.50 Å². The molecule has 8 nitrogen and oxygen atoms in total. The lowest BCUT2D eigenvalue weighted by molar-refractivity contribution is -0.159. The van der Waals surface area contributed by atoms with Crippen LogP contribution in [0, 0.1) is 0 Å². The quantitative estimate of drug-likeness (QED) is 0.444. The average molecular weight is 580 g/mol. The number of hydrogen-bond acceptors (Lipinski definition) is 7. The molecule has 0 saturated heterocycles. The van der Waals surface area contributed by atoms with Crippen LogP contribution in [-0.2, 0) is 29.5 Å². The first-order chi connectivity index (χ1) is 15.3. The van der Waals surface area contributed by atoms with Crippen molar-refractivity contribution in [2.24, 2.45) is 0 Å². The van der Waals surface area contributed by atoms with Crippen molar-refractivity contribution in [1.29, 1.82) is 0 Å². The molecule has 34 heavy (non-hydrogen) atoms. The minimum atomic E-state index is -3.79. The summed E-state index contributed by atoms with van der Waals surface area (Å²) in [6.45, 7) is 10.7. The number of ether oxygens (including phenoxy) is 2. The van der Waals surface area contributed by atoms with Crippen molar-refractivity contribution in [3.05, 3.63) is 21.3 Å². The summed E-state index contributed by atoms with van der Waals surface area (Å²) in [5.41, 5.74) is -1.53. The summed E-state index contributed by atoms with van der Waals surface area (Å²) in [5, 5.41) is 0.417. The second-order valence-corrected chi connectivity index (χ2v) is 14.8. The van der Waals surface area contributed by atoms with Gasteiger partial charge in [-0.25, -0.2) is 18.2 Å². The lowest BCUT2D eigenvalue weighted by Crippen LogP contribution is -2.54. The van der Waals surface area contributed by atoms with Crippen molar-refractivity contribution >= 4 is 55.2 Å². The third-order valence-corrected chi connectivity index (χ3v) is 9.53. The maximum absolute atomic E-state index is 13.1. The molecule has 11 heteroatoms. The van der Waals surface area contributed by atoms with Crippen molar-refractivity contribution in [3.63, 3.8) is 0 Å². The number of fused-ring (bicyclic) bond motifs is 2. The number of aromatic nitrogens is 1. The molecule has 0 aromatic carbocycles. The summed E-state index contributed by atoms with van der Waals surface area (Å²) < 4.78 is 35.9. The Morgan fingerprint density at radius 1 is 1.06 bits per heavy atom. The first-order valence-electron chi connectivity index (χ1n) is 11.1. The fraction of sp³-hybridized carbons (Fsp3) is 0.696. The first-order valence-corrected chi connectivity index (χ1v) is 14.2. The Bertz CT molecular complexity index is 1120. The topological polar surface area (TPSA) is 103 Å². The third kappa shape index (κ3) is 4.95. The molecule has 0 bridgehead atoms. The van der Waals surface area contributed by atoms with E-state index in [1.807, 2.05) is 0 Å². The highest BCUT2D eigenvalue weighted by Gasteiger charge is 2.59. The summed E-state index contributed by atoms with van der Waals surface area (Å²) in [7, 11) is -3.79. The van der Waals surface area contributed by atoms with Crippen LogP contribution in [0.2, 0.25) is 5.02 Å². The summed E-state index contributed by atoms with van der Waals surface area (Å²) in [5.74, 6) is -0.343. The fourth-order valence-electron chi connectivity index (χ4n) is 4.69. The van der Waals surface area contributed by atoms with Gasteiger partial charge in [0.15, 0.2) is 14.6 Å². The van der Waals surface area contributed by atoms with Crippen LogP contribution in [0.5, 0.6) is 0 Å². The minimum Gasteiger partial charge on any atom is -0.459 e. The van der Waals surface area contributed by atoms with Gasteiger partial charge in [-0.05, 0) is 83.2 Å². The molecule has 0 unspecified atom stereocenters. The molecule has 2 heterocycles. The monoisotopic (exact) mass is 578 g/mol. The maximum Gasteiger partial charge on any atom is 0.416 e. The second kappa shape index (κ2) is 8.62. The Kier molecular flexibility index (Phi) is 6.90. The number of pyridine rings is 1. The van der Waals surface area contributed by atoms with E-state index < -0.39 is 43.3 Å². The molecule has 1 aromatic heterocycles. The molecule has 1 aromatic rings. The maximum atomic E-state index is 13.1. The van der Waals surface area contributed by atoms with Crippen LogP contribution in [0.3, 0.4) is 0 Å². The van der Waals surface area contributed by atoms with Gasteiger partial charge in [0, 0.05) is 30.0 Å². The van der Waals surface area contributed by atoms with Crippen molar-refractivity contribution in [3.8, 4) is 0 Å². The van der Waals surface area contributed by atoms with Gasteiger partial charge in [-0.3, -0.25) is 9.69 Å². The molecule has 0 N–H and O–H groups in total. The van der Waals surface area contributed by atoms with Crippen molar-refractivity contribution in [2.75, 3.05) is 17.7 Å². The number of carbonyl (C=O) groups is 2. The van der Waals surface area contributed by atoms with Crippen LogP contribution in [0.15, 0.2) is 10.7 Å². The predicted molar refractivity (Wildman–Crippen MR) is 134 cm³/mol. The lowest BCUT2D eigenvalue weighted by Gasteiger charge is -2.43. The molecule has 1 aliphatic carbocycles. The molecular weight excluding hydrogens is 548 g/mol. The largest absolute Gasteiger partial charge is 0.459 e. The van der Waals surface area contributed by atoms with Crippen LogP contribution >= 0.6 is 27.5 Å². The number of nitrogens with zero attached hydrogens (tertiary/aromatic N) is 2. The van der Waals surface area contributed by atoms with Gasteiger partial charge in [-0.1, -0.05) is 11.6 Å². The van der Waals surface area contributed by atoms with Gasteiger partial charge in [0.1, 0.15) is 17.0 Å². The zero-order valence-corrected chi connectivity index (χ0v) is 23.8. The summed E-state index contributed by atoms with van der Waals surface area (Å²) in [6, 6.07) is 0. The highest BCUT2D eigenvalue weighted by atomic mass is 79.9. The van der Waals surface area contributed by atoms with Crippen LogP contribution < -0.4 is 4.90 Å². The molecule has 1 saturated carbocycles. The summed E-state index contributed by atoms with van der Waals surface area (Å²) in [6.07, 6.45) is 2.77. The van der Waals surface area contributed by atoms with Crippen LogP contribution in [0.1, 0.15) is 72.8 Å². The SMILES string of the molecule is CC(C)(C)OC(=O)N1CC2(CCC(C(=O)OC(C)(C)C)(S(C)(=O)=O)CC2)c2c1ncc(Br)c2Cl. The molecule has 1 fully saturated rings. The number of hydrogen-bond donors (Lipinski definition) is 0. The van der Waals surface area contributed by atoms with E-state index in [1.54, 1.807) is 41.5 Å². The summed E-state index contributed by atoms with van der Waals surface area (Å²) in [4.78, 5) is 32.1.